The van der Waals surface area contributed by atoms with Crippen molar-refractivity contribution in [2.45, 2.75) is 26.6 Å². The molecule has 1 aromatic heterocycles. The molecule has 9 heteroatoms. The lowest BCUT2D eigenvalue weighted by atomic mass is 10.1. The van der Waals surface area contributed by atoms with Gasteiger partial charge in [-0.3, -0.25) is 4.79 Å². The number of aromatic nitrogens is 2. The quantitative estimate of drug-likeness (QED) is 0.713. The summed E-state index contributed by atoms with van der Waals surface area (Å²) in [5.74, 6) is -1.07. The Morgan fingerprint density at radius 3 is 2.38 bits per heavy atom. The van der Waals surface area contributed by atoms with E-state index in [9.17, 15) is 18.0 Å². The minimum atomic E-state index is -4.72. The van der Waals surface area contributed by atoms with Crippen LogP contribution < -0.4 is 14.8 Å². The number of hydrogen-bond donors (Lipinski definition) is 1. The third kappa shape index (κ3) is 3.59. The molecule has 0 radical (unpaired) electrons. The average Bonchev–Trinajstić information content (AvgIpc) is 3.01. The van der Waals surface area contributed by atoms with Crippen molar-refractivity contribution in [1.82, 2.24) is 9.55 Å². The molecule has 0 bridgehead atoms. The van der Waals surface area contributed by atoms with Gasteiger partial charge in [0.25, 0.3) is 0 Å². The Morgan fingerprint density at radius 1 is 1.14 bits per heavy atom. The first-order valence-corrected chi connectivity index (χ1v) is 8.97. The summed E-state index contributed by atoms with van der Waals surface area (Å²) in [6, 6.07) is 8.31. The van der Waals surface area contributed by atoms with Crippen LogP contribution in [0.1, 0.15) is 17.0 Å². The van der Waals surface area contributed by atoms with Crippen LogP contribution in [-0.2, 0) is 17.5 Å². The van der Waals surface area contributed by atoms with Gasteiger partial charge in [0.2, 0.25) is 11.7 Å². The van der Waals surface area contributed by atoms with Crippen LogP contribution in [0.15, 0.2) is 30.3 Å². The van der Waals surface area contributed by atoms with E-state index in [0.29, 0.717) is 30.4 Å². The van der Waals surface area contributed by atoms with E-state index in [0.717, 1.165) is 15.7 Å². The van der Waals surface area contributed by atoms with Crippen LogP contribution in [0.5, 0.6) is 11.5 Å². The van der Waals surface area contributed by atoms with E-state index < -0.39 is 24.5 Å². The number of nitrogens with one attached hydrogen (secondary N) is 1. The summed E-state index contributed by atoms with van der Waals surface area (Å²) in [4.78, 5) is 16.3. The minimum Gasteiger partial charge on any atom is -0.486 e. The number of imidazole rings is 1. The third-order valence-electron chi connectivity index (χ3n) is 4.71. The highest BCUT2D eigenvalue weighted by Gasteiger charge is 2.38. The maximum atomic E-state index is 13.6. The number of para-hydroxylation sites is 1. The molecular weight excluding hydrogens is 387 g/mol. The van der Waals surface area contributed by atoms with Gasteiger partial charge in [0.1, 0.15) is 19.8 Å². The Kier molecular flexibility index (Phi) is 4.60. The highest BCUT2D eigenvalue weighted by atomic mass is 19.4. The second kappa shape index (κ2) is 6.98. The number of anilines is 1. The van der Waals surface area contributed by atoms with Crippen LogP contribution in [0.3, 0.4) is 0 Å². The van der Waals surface area contributed by atoms with Crippen LogP contribution in [-0.4, -0.2) is 28.7 Å². The molecule has 152 valence electrons. The number of ether oxygens (including phenoxy) is 2. The normalized spacial score (nSPS) is 13.6. The number of aryl methyl sites for hydroxylation is 2. The number of carbonyl (C=O) groups excluding carboxylic acids is 1. The number of hydrogen-bond acceptors (Lipinski definition) is 4. The fourth-order valence-corrected chi connectivity index (χ4v) is 3.37. The zero-order valence-electron chi connectivity index (χ0n) is 15.8. The highest BCUT2D eigenvalue weighted by molar-refractivity contribution is 5.93. The molecule has 0 atom stereocenters. The second-order valence-corrected chi connectivity index (χ2v) is 6.82. The number of nitrogens with zero attached hydrogens (tertiary/aromatic N) is 2. The number of halogens is 3. The zero-order chi connectivity index (χ0) is 20.8. The molecule has 1 aliphatic rings. The van der Waals surface area contributed by atoms with Gasteiger partial charge < -0.3 is 19.4 Å². The van der Waals surface area contributed by atoms with Crippen molar-refractivity contribution in [1.29, 1.82) is 0 Å². The predicted molar refractivity (Wildman–Crippen MR) is 100 cm³/mol. The van der Waals surface area contributed by atoms with E-state index in [-0.39, 0.29) is 11.0 Å². The van der Waals surface area contributed by atoms with Gasteiger partial charge in [0.05, 0.1) is 11.0 Å². The number of rotatable bonds is 3. The molecule has 1 amide bonds. The SMILES string of the molecule is Cc1cccc(C)c1NC(=O)Cn1c(C(F)(F)F)nc2cc3c(cc21)OCCO3. The molecule has 1 N–H and O–H groups in total. The molecule has 0 saturated heterocycles. The molecule has 29 heavy (non-hydrogen) atoms. The van der Waals surface area contributed by atoms with Crippen LogP contribution >= 0.6 is 0 Å². The molecule has 0 saturated carbocycles. The summed E-state index contributed by atoms with van der Waals surface area (Å²) in [5, 5.41) is 2.71. The molecule has 0 spiro atoms. The van der Waals surface area contributed by atoms with Gasteiger partial charge in [0, 0.05) is 17.8 Å². The largest absolute Gasteiger partial charge is 0.486 e. The fraction of sp³-hybridized carbons (Fsp3) is 0.300. The number of amides is 1. The number of fused-ring (bicyclic) bond motifs is 2. The summed E-state index contributed by atoms with van der Waals surface area (Å²) in [5.41, 5.74) is 2.47. The van der Waals surface area contributed by atoms with Crippen molar-refractivity contribution < 1.29 is 27.4 Å². The molecule has 6 nitrogen and oxygen atoms in total. The first-order valence-electron chi connectivity index (χ1n) is 8.97. The van der Waals surface area contributed by atoms with E-state index in [1.54, 1.807) is 0 Å². The van der Waals surface area contributed by atoms with Crippen molar-refractivity contribution >= 4 is 22.6 Å². The van der Waals surface area contributed by atoms with E-state index >= 15 is 0 Å². The lowest BCUT2D eigenvalue weighted by Gasteiger charge is -2.18. The van der Waals surface area contributed by atoms with Gasteiger partial charge in [-0.05, 0) is 25.0 Å². The third-order valence-corrected chi connectivity index (χ3v) is 4.71. The van der Waals surface area contributed by atoms with Gasteiger partial charge >= 0.3 is 6.18 Å². The number of benzene rings is 2. The number of alkyl halides is 3. The Bertz CT molecular complexity index is 1090. The summed E-state index contributed by atoms with van der Waals surface area (Å²) in [6.07, 6.45) is -4.72. The van der Waals surface area contributed by atoms with E-state index in [2.05, 4.69) is 10.3 Å². The molecule has 2 aromatic carbocycles. The summed E-state index contributed by atoms with van der Waals surface area (Å²) < 4.78 is 52.5. The van der Waals surface area contributed by atoms with Crippen molar-refractivity contribution in [3.05, 3.63) is 47.3 Å². The molecule has 0 fully saturated rings. The lowest BCUT2D eigenvalue weighted by Crippen LogP contribution is -2.24. The van der Waals surface area contributed by atoms with Crippen LogP contribution in [0.25, 0.3) is 11.0 Å². The Hall–Kier alpha value is -3.23. The predicted octanol–water partition coefficient (Wildman–Crippen LogP) is 4.08. The maximum absolute atomic E-state index is 13.6. The fourth-order valence-electron chi connectivity index (χ4n) is 3.37. The molecule has 0 unspecified atom stereocenters. The summed E-state index contributed by atoms with van der Waals surface area (Å²) in [7, 11) is 0. The van der Waals surface area contributed by atoms with E-state index in [1.165, 1.54) is 12.1 Å². The molecule has 3 aromatic rings. The monoisotopic (exact) mass is 405 g/mol. The highest BCUT2D eigenvalue weighted by Crippen LogP contribution is 2.38. The van der Waals surface area contributed by atoms with E-state index in [1.807, 2.05) is 32.0 Å². The Morgan fingerprint density at radius 2 is 1.76 bits per heavy atom. The van der Waals surface area contributed by atoms with Gasteiger partial charge in [0.15, 0.2) is 11.5 Å². The first kappa shape index (κ1) is 19.1. The molecular formula is C20H18F3N3O3. The van der Waals surface area contributed by atoms with Crippen LogP contribution in [0.4, 0.5) is 18.9 Å². The van der Waals surface area contributed by atoms with E-state index in [4.69, 9.17) is 9.47 Å². The standard InChI is InChI=1S/C20H18F3N3O3/c1-11-4-3-5-12(2)18(11)25-17(27)10-26-14-9-16-15(28-6-7-29-16)8-13(14)24-19(26)20(21,22)23/h3-5,8-9H,6-7,10H2,1-2H3,(H,25,27). The lowest BCUT2D eigenvalue weighted by molar-refractivity contribution is -0.147. The van der Waals surface area contributed by atoms with Crippen molar-refractivity contribution in [3.8, 4) is 11.5 Å². The first-order chi connectivity index (χ1) is 13.7. The Balaban J connectivity index is 1.74. The average molecular weight is 405 g/mol. The van der Waals surface area contributed by atoms with Gasteiger partial charge in [-0.2, -0.15) is 13.2 Å². The van der Waals surface area contributed by atoms with Crippen LogP contribution in [0.2, 0.25) is 0 Å². The van der Waals surface area contributed by atoms with Gasteiger partial charge in [-0.15, -0.1) is 0 Å². The molecule has 4 rings (SSSR count). The minimum absolute atomic E-state index is 0.0847. The second-order valence-electron chi connectivity index (χ2n) is 6.82. The van der Waals surface area contributed by atoms with Gasteiger partial charge in [-0.1, -0.05) is 18.2 Å². The topological polar surface area (TPSA) is 65.4 Å². The molecule has 0 aliphatic carbocycles. The van der Waals surface area contributed by atoms with Crippen LogP contribution in [0, 0.1) is 13.8 Å². The van der Waals surface area contributed by atoms with Gasteiger partial charge in [-0.25, -0.2) is 4.98 Å². The summed E-state index contributed by atoms with van der Waals surface area (Å²) >= 11 is 0. The molecule has 2 heterocycles. The van der Waals surface area contributed by atoms with Crippen molar-refractivity contribution in [3.63, 3.8) is 0 Å². The molecule has 1 aliphatic heterocycles. The zero-order valence-corrected chi connectivity index (χ0v) is 15.8. The van der Waals surface area contributed by atoms with Crippen molar-refractivity contribution in [2.24, 2.45) is 0 Å². The maximum Gasteiger partial charge on any atom is 0.449 e. The van der Waals surface area contributed by atoms with Crippen molar-refractivity contribution in [2.75, 3.05) is 18.5 Å². The summed E-state index contributed by atoms with van der Waals surface area (Å²) in [6.45, 7) is 3.70. The Labute approximate surface area is 164 Å². The number of carbonyl (C=O) groups is 1. The smallest absolute Gasteiger partial charge is 0.449 e.